The number of esters is 1. The standard InChI is InChI=1S/C23H22ClNO5/c1-27-19-8-4-6-15(23(19)29-3)22-16-12-14(24)9-10-17(16)25-11-5-7-18(25)20(30-22)13-21(26)28-2/h4-12,20,22H,13H2,1-3H3. The number of hydrogen-bond donors (Lipinski definition) is 0. The average molecular weight is 428 g/mol. The topological polar surface area (TPSA) is 58.9 Å². The molecule has 4 rings (SSSR count). The van der Waals surface area contributed by atoms with Crippen molar-refractivity contribution in [3.8, 4) is 17.2 Å². The second kappa shape index (κ2) is 8.42. The van der Waals surface area contributed by atoms with E-state index >= 15 is 0 Å². The Kier molecular flexibility index (Phi) is 5.70. The average Bonchev–Trinajstić information content (AvgIpc) is 3.21. The Morgan fingerprint density at radius 1 is 1.07 bits per heavy atom. The van der Waals surface area contributed by atoms with Gasteiger partial charge in [0.2, 0.25) is 0 Å². The molecule has 0 saturated heterocycles. The summed E-state index contributed by atoms with van der Waals surface area (Å²) >= 11 is 6.36. The van der Waals surface area contributed by atoms with E-state index in [9.17, 15) is 4.79 Å². The van der Waals surface area contributed by atoms with Crippen LogP contribution in [0.1, 0.15) is 35.4 Å². The van der Waals surface area contributed by atoms with Crippen molar-refractivity contribution < 1.29 is 23.7 Å². The summed E-state index contributed by atoms with van der Waals surface area (Å²) in [6.45, 7) is 0. The van der Waals surface area contributed by atoms with Crippen LogP contribution in [0.2, 0.25) is 5.02 Å². The number of hydrogen-bond acceptors (Lipinski definition) is 5. The van der Waals surface area contributed by atoms with Gasteiger partial charge in [0.15, 0.2) is 11.5 Å². The van der Waals surface area contributed by atoms with Crippen LogP contribution in [0.15, 0.2) is 54.7 Å². The van der Waals surface area contributed by atoms with Gasteiger partial charge >= 0.3 is 5.97 Å². The van der Waals surface area contributed by atoms with Crippen molar-refractivity contribution >= 4 is 17.6 Å². The van der Waals surface area contributed by atoms with Gasteiger partial charge in [0.25, 0.3) is 0 Å². The zero-order chi connectivity index (χ0) is 21.3. The summed E-state index contributed by atoms with van der Waals surface area (Å²) in [6, 6.07) is 15.2. The molecule has 2 aromatic carbocycles. The third-order valence-electron chi connectivity index (χ3n) is 5.24. The van der Waals surface area contributed by atoms with Gasteiger partial charge in [-0.25, -0.2) is 0 Å². The molecule has 6 nitrogen and oxygen atoms in total. The Labute approximate surface area is 179 Å². The lowest BCUT2D eigenvalue weighted by Gasteiger charge is -2.25. The molecular formula is C23H22ClNO5. The van der Waals surface area contributed by atoms with Crippen LogP contribution < -0.4 is 9.47 Å². The Hall–Kier alpha value is -2.96. The molecular weight excluding hydrogens is 406 g/mol. The fourth-order valence-electron chi connectivity index (χ4n) is 3.88. The molecule has 0 radical (unpaired) electrons. The van der Waals surface area contributed by atoms with Gasteiger partial charge in [-0.15, -0.1) is 0 Å². The zero-order valence-corrected chi connectivity index (χ0v) is 17.7. The van der Waals surface area contributed by atoms with E-state index in [1.165, 1.54) is 7.11 Å². The quantitative estimate of drug-likeness (QED) is 0.543. The maximum atomic E-state index is 12.1. The Morgan fingerprint density at radius 3 is 2.63 bits per heavy atom. The van der Waals surface area contributed by atoms with Crippen molar-refractivity contribution in [1.82, 2.24) is 4.57 Å². The second-order valence-corrected chi connectivity index (χ2v) is 7.31. The highest BCUT2D eigenvalue weighted by molar-refractivity contribution is 6.30. The number of halogens is 1. The van der Waals surface area contributed by atoms with E-state index < -0.39 is 12.2 Å². The number of methoxy groups -OCH3 is 3. The Bertz CT molecular complexity index is 1080. The maximum absolute atomic E-state index is 12.1. The molecule has 0 amide bonds. The summed E-state index contributed by atoms with van der Waals surface area (Å²) in [5.74, 6) is 0.808. The van der Waals surface area contributed by atoms with E-state index in [4.69, 9.17) is 30.5 Å². The summed E-state index contributed by atoms with van der Waals surface area (Å²) in [6.07, 6.45) is 0.948. The molecule has 2 unspecified atom stereocenters. The van der Waals surface area contributed by atoms with Crippen molar-refractivity contribution in [2.45, 2.75) is 18.6 Å². The van der Waals surface area contributed by atoms with E-state index in [0.29, 0.717) is 16.5 Å². The summed E-state index contributed by atoms with van der Waals surface area (Å²) < 4.78 is 24.6. The Morgan fingerprint density at radius 2 is 1.90 bits per heavy atom. The number of fused-ring (bicyclic) bond motifs is 3. The first kappa shape index (κ1) is 20.3. The van der Waals surface area contributed by atoms with E-state index in [1.54, 1.807) is 14.2 Å². The first-order chi connectivity index (χ1) is 14.6. The predicted octanol–water partition coefficient (Wildman–Crippen LogP) is 4.87. The highest BCUT2D eigenvalue weighted by Crippen LogP contribution is 2.46. The van der Waals surface area contributed by atoms with Gasteiger partial charge in [-0.05, 0) is 36.4 Å². The van der Waals surface area contributed by atoms with Gasteiger partial charge < -0.3 is 23.5 Å². The van der Waals surface area contributed by atoms with Crippen LogP contribution >= 0.6 is 11.6 Å². The number of rotatable bonds is 5. The lowest BCUT2D eigenvalue weighted by Crippen LogP contribution is -2.15. The fourth-order valence-corrected chi connectivity index (χ4v) is 4.07. The second-order valence-electron chi connectivity index (χ2n) is 6.87. The summed E-state index contributed by atoms with van der Waals surface area (Å²) in [5, 5.41) is 0.587. The van der Waals surface area contributed by atoms with Crippen molar-refractivity contribution in [2.75, 3.05) is 21.3 Å². The number of carbonyl (C=O) groups is 1. The normalized spacial score (nSPS) is 17.5. The van der Waals surface area contributed by atoms with Crippen LogP contribution in [-0.4, -0.2) is 31.9 Å². The van der Waals surface area contributed by atoms with Gasteiger partial charge in [-0.3, -0.25) is 4.79 Å². The molecule has 2 atom stereocenters. The summed E-state index contributed by atoms with van der Waals surface area (Å²) in [5.41, 5.74) is 3.41. The molecule has 0 bridgehead atoms. The highest BCUT2D eigenvalue weighted by Gasteiger charge is 2.34. The fraction of sp³-hybridized carbons (Fsp3) is 0.261. The SMILES string of the molecule is COC(=O)CC1OC(c2cccc(OC)c2OC)c2cc(Cl)ccc2-n2cccc21. The molecule has 3 aromatic rings. The van der Waals surface area contributed by atoms with Gasteiger partial charge in [-0.1, -0.05) is 23.7 Å². The first-order valence-electron chi connectivity index (χ1n) is 9.47. The number of nitrogens with zero attached hydrogens (tertiary/aromatic N) is 1. The first-order valence-corrected chi connectivity index (χ1v) is 9.85. The van der Waals surface area contributed by atoms with Crippen molar-refractivity contribution in [3.05, 3.63) is 76.6 Å². The van der Waals surface area contributed by atoms with Gasteiger partial charge in [-0.2, -0.15) is 0 Å². The van der Waals surface area contributed by atoms with Crippen LogP contribution in [0.5, 0.6) is 11.5 Å². The number of benzene rings is 2. The number of aromatic nitrogens is 1. The minimum Gasteiger partial charge on any atom is -0.493 e. The Balaban J connectivity index is 1.93. The maximum Gasteiger partial charge on any atom is 0.308 e. The lowest BCUT2D eigenvalue weighted by atomic mass is 9.98. The molecule has 0 spiro atoms. The van der Waals surface area contributed by atoms with E-state index in [-0.39, 0.29) is 12.4 Å². The van der Waals surface area contributed by atoms with Gasteiger partial charge in [0, 0.05) is 22.3 Å². The minimum atomic E-state index is -0.543. The van der Waals surface area contributed by atoms with Crippen molar-refractivity contribution in [2.24, 2.45) is 0 Å². The molecule has 0 N–H and O–H groups in total. The molecule has 0 fully saturated rings. The summed E-state index contributed by atoms with van der Waals surface area (Å²) in [7, 11) is 4.55. The van der Waals surface area contributed by atoms with Crippen LogP contribution in [0.4, 0.5) is 0 Å². The van der Waals surface area contributed by atoms with Crippen molar-refractivity contribution in [3.63, 3.8) is 0 Å². The van der Waals surface area contributed by atoms with Crippen LogP contribution in [0, 0.1) is 0 Å². The molecule has 0 aliphatic carbocycles. The van der Waals surface area contributed by atoms with Gasteiger partial charge in [0.1, 0.15) is 12.2 Å². The van der Waals surface area contributed by atoms with Gasteiger partial charge in [0.05, 0.1) is 39.1 Å². The van der Waals surface area contributed by atoms with Crippen LogP contribution in [0.25, 0.3) is 5.69 Å². The summed E-state index contributed by atoms with van der Waals surface area (Å²) in [4.78, 5) is 12.1. The van der Waals surface area contributed by atoms with E-state index in [0.717, 1.165) is 22.5 Å². The van der Waals surface area contributed by atoms with Crippen LogP contribution in [0.3, 0.4) is 0 Å². The smallest absolute Gasteiger partial charge is 0.308 e. The van der Waals surface area contributed by atoms with E-state index in [2.05, 4.69) is 0 Å². The molecule has 2 heterocycles. The molecule has 1 aliphatic heterocycles. The molecule has 156 valence electrons. The number of ether oxygens (including phenoxy) is 4. The molecule has 0 saturated carbocycles. The molecule has 30 heavy (non-hydrogen) atoms. The van der Waals surface area contributed by atoms with Crippen molar-refractivity contribution in [1.29, 1.82) is 0 Å². The number of carbonyl (C=O) groups excluding carboxylic acids is 1. The predicted molar refractivity (Wildman–Crippen MR) is 113 cm³/mol. The van der Waals surface area contributed by atoms with Crippen LogP contribution in [-0.2, 0) is 14.3 Å². The largest absolute Gasteiger partial charge is 0.493 e. The van der Waals surface area contributed by atoms with E-state index in [1.807, 2.05) is 59.3 Å². The third kappa shape index (κ3) is 3.53. The number of para-hydroxylation sites is 1. The third-order valence-corrected chi connectivity index (χ3v) is 5.47. The monoisotopic (exact) mass is 427 g/mol. The molecule has 1 aromatic heterocycles. The minimum absolute atomic E-state index is 0.0744. The lowest BCUT2D eigenvalue weighted by molar-refractivity contribution is -0.145. The molecule has 1 aliphatic rings. The zero-order valence-electron chi connectivity index (χ0n) is 16.9. The highest BCUT2D eigenvalue weighted by atomic mass is 35.5. The molecule has 7 heteroatoms.